The van der Waals surface area contributed by atoms with Crippen LogP contribution in [0.15, 0.2) is 0 Å². The van der Waals surface area contributed by atoms with Gasteiger partial charge >= 0.3 is 0 Å². The van der Waals surface area contributed by atoms with E-state index in [1.54, 1.807) is 0 Å². The van der Waals surface area contributed by atoms with Crippen LogP contribution in [0.25, 0.3) is 0 Å². The zero-order chi connectivity index (χ0) is 13.8. The lowest BCUT2D eigenvalue weighted by Gasteiger charge is -2.19. The van der Waals surface area contributed by atoms with Crippen LogP contribution in [0.1, 0.15) is 56.9 Å². The summed E-state index contributed by atoms with van der Waals surface area (Å²) < 4.78 is 0. The highest BCUT2D eigenvalue weighted by Crippen LogP contribution is 2.21. The average Bonchev–Trinajstić information content (AvgIpc) is 2.25. The smallest absolute Gasteiger partial charge is 0.134 e. The second-order valence-corrected chi connectivity index (χ2v) is 5.90. The predicted molar refractivity (Wildman–Crippen MR) is 77.1 cm³/mol. The van der Waals surface area contributed by atoms with Crippen LogP contribution in [0.3, 0.4) is 0 Å². The highest BCUT2D eigenvalue weighted by Gasteiger charge is 2.19. The zero-order valence-electron chi connectivity index (χ0n) is 12.7. The Morgan fingerprint density at radius 1 is 1.06 bits per heavy atom. The lowest BCUT2D eigenvalue weighted by atomic mass is 9.94. The number of aryl methyl sites for hydroxylation is 2. The minimum absolute atomic E-state index is 0.0256. The van der Waals surface area contributed by atoms with Gasteiger partial charge < -0.3 is 5.32 Å². The molecule has 1 aromatic rings. The summed E-state index contributed by atoms with van der Waals surface area (Å²) in [5.41, 5.74) is 3.63. The molecule has 0 spiro atoms. The topological polar surface area (TPSA) is 37.8 Å². The third-order valence-corrected chi connectivity index (χ3v) is 3.12. The van der Waals surface area contributed by atoms with Crippen LogP contribution in [0.4, 0.5) is 0 Å². The van der Waals surface area contributed by atoms with Crippen molar-refractivity contribution in [3.63, 3.8) is 0 Å². The van der Waals surface area contributed by atoms with E-state index in [2.05, 4.69) is 56.8 Å². The van der Waals surface area contributed by atoms with Crippen molar-refractivity contribution in [2.75, 3.05) is 13.1 Å². The van der Waals surface area contributed by atoms with Gasteiger partial charge in [-0.1, -0.05) is 27.7 Å². The lowest BCUT2D eigenvalue weighted by molar-refractivity contribution is 0.538. The molecule has 0 saturated heterocycles. The number of hydrogen-bond acceptors (Lipinski definition) is 3. The molecule has 0 fully saturated rings. The Morgan fingerprint density at radius 3 is 2.06 bits per heavy atom. The Labute approximate surface area is 111 Å². The Bertz CT molecular complexity index is 368. The molecule has 18 heavy (non-hydrogen) atoms. The van der Waals surface area contributed by atoms with Gasteiger partial charge in [-0.3, -0.25) is 0 Å². The van der Waals surface area contributed by atoms with Crippen molar-refractivity contribution in [1.82, 2.24) is 15.3 Å². The molecule has 3 nitrogen and oxygen atoms in total. The molecule has 1 aromatic heterocycles. The molecule has 0 aliphatic rings. The van der Waals surface area contributed by atoms with E-state index in [9.17, 15) is 0 Å². The van der Waals surface area contributed by atoms with Gasteiger partial charge in [-0.05, 0) is 45.3 Å². The van der Waals surface area contributed by atoms with Gasteiger partial charge in [0.1, 0.15) is 5.82 Å². The molecule has 0 aromatic carbocycles. The van der Waals surface area contributed by atoms with Crippen LogP contribution in [0, 0.1) is 13.8 Å². The van der Waals surface area contributed by atoms with Crippen molar-refractivity contribution in [3.8, 4) is 0 Å². The number of nitrogens with one attached hydrogen (secondary N) is 1. The van der Waals surface area contributed by atoms with Crippen molar-refractivity contribution < 1.29 is 0 Å². The van der Waals surface area contributed by atoms with Gasteiger partial charge in [0.05, 0.1) is 0 Å². The lowest BCUT2D eigenvalue weighted by Crippen LogP contribution is -2.19. The van der Waals surface area contributed by atoms with Gasteiger partial charge in [-0.25, -0.2) is 9.97 Å². The first kappa shape index (κ1) is 15.1. The molecule has 1 N–H and O–H groups in total. The summed E-state index contributed by atoms with van der Waals surface area (Å²) in [7, 11) is 0. The van der Waals surface area contributed by atoms with Crippen molar-refractivity contribution in [2.24, 2.45) is 0 Å². The minimum Gasteiger partial charge on any atom is -0.317 e. The van der Waals surface area contributed by atoms with E-state index in [-0.39, 0.29) is 5.41 Å². The molecule has 0 aliphatic heterocycles. The van der Waals surface area contributed by atoms with Gasteiger partial charge in [-0.15, -0.1) is 0 Å². The SMILES string of the molecule is CCNCCCc1c(C)nc(C(C)(C)C)nc1C. The molecule has 0 amide bonds. The molecule has 0 saturated carbocycles. The highest BCUT2D eigenvalue weighted by molar-refractivity contribution is 5.26. The first-order valence-electron chi connectivity index (χ1n) is 6.91. The van der Waals surface area contributed by atoms with E-state index in [0.717, 1.165) is 43.1 Å². The monoisotopic (exact) mass is 249 g/mol. The maximum atomic E-state index is 4.67. The predicted octanol–water partition coefficient (Wildman–Crippen LogP) is 2.93. The Balaban J connectivity index is 2.82. The van der Waals surface area contributed by atoms with E-state index in [1.807, 2.05) is 0 Å². The molecule has 102 valence electrons. The van der Waals surface area contributed by atoms with E-state index in [1.165, 1.54) is 5.56 Å². The molecular weight excluding hydrogens is 222 g/mol. The second kappa shape index (κ2) is 6.28. The van der Waals surface area contributed by atoms with Crippen LogP contribution < -0.4 is 5.32 Å². The van der Waals surface area contributed by atoms with Crippen LogP contribution in [0.5, 0.6) is 0 Å². The maximum absolute atomic E-state index is 4.67. The van der Waals surface area contributed by atoms with Crippen molar-refractivity contribution in [2.45, 2.75) is 59.8 Å². The standard InChI is InChI=1S/C15H27N3/c1-7-16-10-8-9-13-11(2)17-14(15(4,5)6)18-12(13)3/h16H,7-10H2,1-6H3. The maximum Gasteiger partial charge on any atom is 0.134 e. The second-order valence-electron chi connectivity index (χ2n) is 5.90. The average molecular weight is 249 g/mol. The first-order valence-corrected chi connectivity index (χ1v) is 6.91. The molecule has 1 heterocycles. The Morgan fingerprint density at radius 2 is 1.61 bits per heavy atom. The molecule has 0 bridgehead atoms. The summed E-state index contributed by atoms with van der Waals surface area (Å²) in [4.78, 5) is 9.35. The third kappa shape index (κ3) is 4.05. The summed E-state index contributed by atoms with van der Waals surface area (Å²) in [5.74, 6) is 0.952. The molecule has 0 atom stereocenters. The van der Waals surface area contributed by atoms with Crippen LogP contribution >= 0.6 is 0 Å². The van der Waals surface area contributed by atoms with Gasteiger partial charge in [0, 0.05) is 16.8 Å². The van der Waals surface area contributed by atoms with Gasteiger partial charge in [0.15, 0.2) is 0 Å². The van der Waals surface area contributed by atoms with Crippen LogP contribution in [-0.2, 0) is 11.8 Å². The van der Waals surface area contributed by atoms with Crippen LogP contribution in [-0.4, -0.2) is 23.1 Å². The molecule has 0 unspecified atom stereocenters. The van der Waals surface area contributed by atoms with Crippen molar-refractivity contribution in [3.05, 3.63) is 22.8 Å². The number of nitrogens with zero attached hydrogens (tertiary/aromatic N) is 2. The number of aromatic nitrogens is 2. The summed E-state index contributed by atoms with van der Waals surface area (Å²) in [6, 6.07) is 0. The van der Waals surface area contributed by atoms with Gasteiger partial charge in [-0.2, -0.15) is 0 Å². The fourth-order valence-electron chi connectivity index (χ4n) is 2.00. The molecule has 0 radical (unpaired) electrons. The number of rotatable bonds is 5. The normalized spacial score (nSPS) is 11.9. The van der Waals surface area contributed by atoms with E-state index >= 15 is 0 Å². The van der Waals surface area contributed by atoms with E-state index < -0.39 is 0 Å². The van der Waals surface area contributed by atoms with Gasteiger partial charge in [0.2, 0.25) is 0 Å². The summed E-state index contributed by atoms with van der Waals surface area (Å²) in [6.07, 6.45) is 2.21. The van der Waals surface area contributed by atoms with Crippen molar-refractivity contribution in [1.29, 1.82) is 0 Å². The van der Waals surface area contributed by atoms with Gasteiger partial charge in [0.25, 0.3) is 0 Å². The Hall–Kier alpha value is -0.960. The largest absolute Gasteiger partial charge is 0.317 e. The molecule has 3 heteroatoms. The Kier molecular flexibility index (Phi) is 5.27. The zero-order valence-corrected chi connectivity index (χ0v) is 12.7. The fraction of sp³-hybridized carbons (Fsp3) is 0.733. The molecule has 0 aliphatic carbocycles. The van der Waals surface area contributed by atoms with Crippen molar-refractivity contribution >= 4 is 0 Å². The summed E-state index contributed by atoms with van der Waals surface area (Å²) in [6.45, 7) is 14.9. The molecular formula is C15H27N3. The number of hydrogen-bond donors (Lipinski definition) is 1. The first-order chi connectivity index (χ1) is 8.36. The quantitative estimate of drug-likeness (QED) is 0.815. The van der Waals surface area contributed by atoms with E-state index in [4.69, 9.17) is 0 Å². The fourth-order valence-corrected chi connectivity index (χ4v) is 2.00. The summed E-state index contributed by atoms with van der Waals surface area (Å²) >= 11 is 0. The highest BCUT2D eigenvalue weighted by atomic mass is 14.9. The van der Waals surface area contributed by atoms with Crippen LogP contribution in [0.2, 0.25) is 0 Å². The summed E-state index contributed by atoms with van der Waals surface area (Å²) in [5, 5.41) is 3.35. The third-order valence-electron chi connectivity index (χ3n) is 3.12. The minimum atomic E-state index is 0.0256. The molecule has 1 rings (SSSR count). The van der Waals surface area contributed by atoms with E-state index in [0.29, 0.717) is 0 Å².